The van der Waals surface area contributed by atoms with Gasteiger partial charge in [0.05, 0.1) is 6.54 Å². The second-order valence-corrected chi connectivity index (χ2v) is 7.04. The molecule has 0 spiro atoms. The molecular formula is C20H17ClF2N6S. The second-order valence-electron chi connectivity index (χ2n) is 6.00. The van der Waals surface area contributed by atoms with Crippen molar-refractivity contribution in [2.75, 3.05) is 16.0 Å². The minimum absolute atomic E-state index is 0. The van der Waals surface area contributed by atoms with Gasteiger partial charge in [-0.15, -0.1) is 23.7 Å². The summed E-state index contributed by atoms with van der Waals surface area (Å²) >= 11 is 1.62. The number of benzene rings is 2. The highest BCUT2D eigenvalue weighted by Crippen LogP contribution is 2.20. The molecule has 2 heterocycles. The first kappa shape index (κ1) is 21.4. The van der Waals surface area contributed by atoms with E-state index in [2.05, 4.69) is 30.9 Å². The standard InChI is InChI=1S/C20H16F2N6S.ClH/c21-13-3-7-15(8-4-13)24-19-26-18(23-12-17-2-1-11-29-17)27-20(28-19)25-16-9-5-14(22)6-10-16;/h1-11H,12H2,(H3,23,24,25,26,27,28);1H. The first-order valence-electron chi connectivity index (χ1n) is 8.71. The van der Waals surface area contributed by atoms with Crippen LogP contribution in [0.15, 0.2) is 66.0 Å². The number of nitrogens with zero attached hydrogens (tertiary/aromatic N) is 3. The zero-order valence-corrected chi connectivity index (χ0v) is 17.1. The molecule has 0 aliphatic heterocycles. The van der Waals surface area contributed by atoms with Gasteiger partial charge in [-0.2, -0.15) is 15.0 Å². The fraction of sp³-hybridized carbons (Fsp3) is 0.0500. The Bertz CT molecular complexity index is 1010. The summed E-state index contributed by atoms with van der Waals surface area (Å²) in [5, 5.41) is 11.2. The SMILES string of the molecule is Cl.Fc1ccc(Nc2nc(NCc3cccs3)nc(Nc3ccc(F)cc3)n2)cc1. The van der Waals surface area contributed by atoms with Gasteiger partial charge in [0.25, 0.3) is 0 Å². The van der Waals surface area contributed by atoms with Gasteiger partial charge in [0.15, 0.2) is 0 Å². The van der Waals surface area contributed by atoms with Crippen molar-refractivity contribution in [3.05, 3.63) is 82.6 Å². The highest BCUT2D eigenvalue weighted by Gasteiger charge is 2.08. The largest absolute Gasteiger partial charge is 0.349 e. The average molecular weight is 447 g/mol. The summed E-state index contributed by atoms with van der Waals surface area (Å²) < 4.78 is 26.3. The third-order valence-corrected chi connectivity index (χ3v) is 4.71. The molecule has 6 nitrogen and oxygen atoms in total. The highest BCUT2D eigenvalue weighted by molar-refractivity contribution is 7.09. The van der Waals surface area contributed by atoms with Crippen molar-refractivity contribution in [1.82, 2.24) is 15.0 Å². The van der Waals surface area contributed by atoms with E-state index in [1.165, 1.54) is 24.3 Å². The van der Waals surface area contributed by atoms with Gasteiger partial charge in [0.1, 0.15) is 11.6 Å². The molecule has 0 bridgehead atoms. The molecule has 0 atom stereocenters. The van der Waals surface area contributed by atoms with E-state index >= 15 is 0 Å². The highest BCUT2D eigenvalue weighted by atomic mass is 35.5. The predicted octanol–water partition coefficient (Wildman–Crippen LogP) is 5.73. The fourth-order valence-corrected chi connectivity index (χ4v) is 3.12. The molecule has 0 amide bonds. The Hall–Kier alpha value is -3.30. The Morgan fingerprint density at radius 3 is 1.67 bits per heavy atom. The molecule has 0 fully saturated rings. The van der Waals surface area contributed by atoms with E-state index in [1.54, 1.807) is 35.6 Å². The smallest absolute Gasteiger partial charge is 0.233 e. The van der Waals surface area contributed by atoms with Crippen LogP contribution < -0.4 is 16.0 Å². The van der Waals surface area contributed by atoms with Crippen LogP contribution in [0.1, 0.15) is 4.88 Å². The molecule has 0 radical (unpaired) electrons. The van der Waals surface area contributed by atoms with E-state index in [1.807, 2.05) is 17.5 Å². The third kappa shape index (κ3) is 5.85. The first-order valence-corrected chi connectivity index (χ1v) is 9.59. The lowest BCUT2D eigenvalue weighted by molar-refractivity contribution is 0.627. The molecule has 0 unspecified atom stereocenters. The van der Waals surface area contributed by atoms with Crippen LogP contribution >= 0.6 is 23.7 Å². The van der Waals surface area contributed by atoms with Crippen molar-refractivity contribution in [3.63, 3.8) is 0 Å². The molecule has 0 saturated carbocycles. The van der Waals surface area contributed by atoms with Gasteiger partial charge in [-0.25, -0.2) is 8.78 Å². The molecule has 0 aliphatic rings. The van der Waals surface area contributed by atoms with Crippen molar-refractivity contribution in [1.29, 1.82) is 0 Å². The van der Waals surface area contributed by atoms with Crippen LogP contribution in [0.2, 0.25) is 0 Å². The molecule has 4 aromatic rings. The number of hydrogen-bond acceptors (Lipinski definition) is 7. The molecule has 0 aliphatic carbocycles. The Labute approximate surface area is 181 Å². The molecule has 2 aromatic heterocycles. The lowest BCUT2D eigenvalue weighted by atomic mass is 10.3. The lowest BCUT2D eigenvalue weighted by Gasteiger charge is -2.11. The number of rotatable bonds is 7. The molecule has 0 saturated heterocycles. The van der Waals surface area contributed by atoms with Gasteiger partial charge in [0.2, 0.25) is 17.8 Å². The van der Waals surface area contributed by atoms with Gasteiger partial charge in [-0.3, -0.25) is 0 Å². The normalized spacial score (nSPS) is 10.2. The van der Waals surface area contributed by atoms with E-state index in [9.17, 15) is 8.78 Å². The summed E-state index contributed by atoms with van der Waals surface area (Å²) in [6, 6.07) is 15.7. The van der Waals surface area contributed by atoms with Crippen molar-refractivity contribution in [2.24, 2.45) is 0 Å². The number of hydrogen-bond donors (Lipinski definition) is 3. The first-order chi connectivity index (χ1) is 14.1. The summed E-state index contributed by atoms with van der Waals surface area (Å²) in [4.78, 5) is 14.2. The molecule has 3 N–H and O–H groups in total. The fourth-order valence-electron chi connectivity index (χ4n) is 2.47. The topological polar surface area (TPSA) is 74.8 Å². The summed E-state index contributed by atoms with van der Waals surface area (Å²) in [7, 11) is 0. The molecular weight excluding hydrogens is 430 g/mol. The van der Waals surface area contributed by atoms with E-state index in [4.69, 9.17) is 0 Å². The van der Waals surface area contributed by atoms with Gasteiger partial charge in [-0.05, 0) is 60.0 Å². The Morgan fingerprint density at radius 2 is 1.20 bits per heavy atom. The van der Waals surface area contributed by atoms with E-state index in [0.717, 1.165) is 4.88 Å². The van der Waals surface area contributed by atoms with E-state index in [0.29, 0.717) is 23.9 Å². The second kappa shape index (κ2) is 9.95. The molecule has 154 valence electrons. The lowest BCUT2D eigenvalue weighted by Crippen LogP contribution is -2.09. The number of thiophene rings is 1. The number of nitrogens with one attached hydrogen (secondary N) is 3. The maximum Gasteiger partial charge on any atom is 0.233 e. The quantitative estimate of drug-likeness (QED) is 0.336. The number of anilines is 5. The summed E-state index contributed by atoms with van der Waals surface area (Å²) in [5.41, 5.74) is 1.27. The minimum Gasteiger partial charge on any atom is -0.349 e. The predicted molar refractivity (Wildman–Crippen MR) is 118 cm³/mol. The van der Waals surface area contributed by atoms with Crippen LogP contribution in [0.3, 0.4) is 0 Å². The van der Waals surface area contributed by atoms with Crippen molar-refractivity contribution >= 4 is 53.0 Å². The summed E-state index contributed by atoms with van der Waals surface area (Å²) in [5.74, 6) is 0.267. The number of halogens is 3. The monoisotopic (exact) mass is 446 g/mol. The number of aromatic nitrogens is 3. The molecule has 10 heteroatoms. The summed E-state index contributed by atoms with van der Waals surface area (Å²) in [6.07, 6.45) is 0. The van der Waals surface area contributed by atoms with Crippen LogP contribution in [-0.4, -0.2) is 15.0 Å². The molecule has 4 rings (SSSR count). The molecule has 2 aromatic carbocycles. The van der Waals surface area contributed by atoms with Crippen LogP contribution in [0.25, 0.3) is 0 Å². The average Bonchev–Trinajstić information content (AvgIpc) is 3.24. The Balaban J connectivity index is 0.00000256. The van der Waals surface area contributed by atoms with Gasteiger partial charge in [0, 0.05) is 16.3 Å². The third-order valence-electron chi connectivity index (χ3n) is 3.84. The van der Waals surface area contributed by atoms with Crippen molar-refractivity contribution in [3.8, 4) is 0 Å². The minimum atomic E-state index is -0.330. The maximum absolute atomic E-state index is 13.1. The van der Waals surface area contributed by atoms with Crippen LogP contribution in [0, 0.1) is 11.6 Å². The Morgan fingerprint density at radius 1 is 0.700 bits per heavy atom. The zero-order chi connectivity index (χ0) is 20.1. The van der Waals surface area contributed by atoms with E-state index in [-0.39, 0.29) is 35.9 Å². The Kier molecular flexibility index (Phi) is 7.10. The van der Waals surface area contributed by atoms with Crippen LogP contribution in [-0.2, 0) is 6.54 Å². The van der Waals surface area contributed by atoms with Crippen LogP contribution in [0.5, 0.6) is 0 Å². The van der Waals surface area contributed by atoms with Gasteiger partial charge in [-0.1, -0.05) is 6.07 Å². The summed E-state index contributed by atoms with van der Waals surface area (Å²) in [6.45, 7) is 0.563. The van der Waals surface area contributed by atoms with Gasteiger partial charge < -0.3 is 16.0 Å². The van der Waals surface area contributed by atoms with Crippen molar-refractivity contribution in [2.45, 2.75) is 6.54 Å². The van der Waals surface area contributed by atoms with Crippen molar-refractivity contribution < 1.29 is 8.78 Å². The molecule has 30 heavy (non-hydrogen) atoms. The maximum atomic E-state index is 13.1. The van der Waals surface area contributed by atoms with Gasteiger partial charge >= 0.3 is 0 Å². The zero-order valence-electron chi connectivity index (χ0n) is 15.5. The van der Waals surface area contributed by atoms with E-state index < -0.39 is 0 Å². The van der Waals surface area contributed by atoms with Crippen LogP contribution in [0.4, 0.5) is 38.0 Å².